The lowest BCUT2D eigenvalue weighted by Crippen LogP contribution is -2.31. The summed E-state index contributed by atoms with van der Waals surface area (Å²) < 4.78 is 11.2. The molecule has 1 unspecified atom stereocenters. The smallest absolute Gasteiger partial charge is 0.295 e. The maximum Gasteiger partial charge on any atom is 0.295 e. The van der Waals surface area contributed by atoms with Crippen LogP contribution in [-0.4, -0.2) is 48.1 Å². The number of amides is 1. The second-order valence-electron chi connectivity index (χ2n) is 9.90. The van der Waals surface area contributed by atoms with Crippen LogP contribution in [0.15, 0.2) is 35.2 Å². The summed E-state index contributed by atoms with van der Waals surface area (Å²) in [5.41, 5.74) is 2.30. The number of carbonyl (C=O) groups is 2. The van der Waals surface area contributed by atoms with Crippen LogP contribution in [0, 0.1) is 6.92 Å². The van der Waals surface area contributed by atoms with Crippen LogP contribution in [0.5, 0.6) is 5.75 Å². The van der Waals surface area contributed by atoms with Gasteiger partial charge in [0.25, 0.3) is 11.7 Å². The molecule has 0 radical (unpaired) electrons. The highest BCUT2D eigenvalue weighted by molar-refractivity contribution is 7.10. The Morgan fingerprint density at radius 3 is 2.47 bits per heavy atom. The summed E-state index contributed by atoms with van der Waals surface area (Å²) in [7, 11) is 1.52. The lowest BCUT2D eigenvalue weighted by molar-refractivity contribution is -0.140. The van der Waals surface area contributed by atoms with Gasteiger partial charge in [-0.25, -0.2) is 0 Å². The van der Waals surface area contributed by atoms with E-state index >= 15 is 0 Å². The van der Waals surface area contributed by atoms with Crippen molar-refractivity contribution in [1.82, 2.24) is 4.90 Å². The molecule has 1 fully saturated rings. The summed E-state index contributed by atoms with van der Waals surface area (Å²) in [5, 5.41) is 13.5. The van der Waals surface area contributed by atoms with Crippen molar-refractivity contribution in [2.24, 2.45) is 0 Å². The zero-order valence-corrected chi connectivity index (χ0v) is 21.9. The third-order valence-corrected chi connectivity index (χ3v) is 7.08. The zero-order valence-electron chi connectivity index (χ0n) is 21.1. The molecule has 0 aliphatic carbocycles. The number of carbonyl (C=O) groups excluding carboxylic acids is 2. The normalized spacial score (nSPS) is 18.2. The number of aryl methyl sites for hydroxylation is 1. The number of aliphatic hydroxyl groups excluding tert-OH is 1. The second kappa shape index (κ2) is 10.3. The van der Waals surface area contributed by atoms with Gasteiger partial charge in [0.05, 0.1) is 30.4 Å². The maximum absolute atomic E-state index is 13.3. The fourth-order valence-corrected chi connectivity index (χ4v) is 5.15. The molecule has 2 aromatic rings. The number of methoxy groups -OCH3 is 1. The molecule has 0 spiro atoms. The van der Waals surface area contributed by atoms with E-state index in [2.05, 4.69) is 20.8 Å². The molecular weight excluding hydrogens is 450 g/mol. The minimum atomic E-state index is -0.678. The topological polar surface area (TPSA) is 76.1 Å². The Morgan fingerprint density at radius 1 is 1.21 bits per heavy atom. The van der Waals surface area contributed by atoms with Gasteiger partial charge in [-0.1, -0.05) is 26.8 Å². The molecule has 3 rings (SSSR count). The van der Waals surface area contributed by atoms with Gasteiger partial charge < -0.3 is 19.5 Å². The first-order chi connectivity index (χ1) is 16.0. The van der Waals surface area contributed by atoms with Crippen molar-refractivity contribution in [3.8, 4) is 5.75 Å². The molecule has 2 heterocycles. The van der Waals surface area contributed by atoms with Crippen molar-refractivity contribution in [1.29, 1.82) is 0 Å². The van der Waals surface area contributed by atoms with Crippen LogP contribution in [0.1, 0.15) is 68.6 Å². The summed E-state index contributed by atoms with van der Waals surface area (Å²) in [5.74, 6) is -1.04. The Hall–Kier alpha value is -2.64. The van der Waals surface area contributed by atoms with Gasteiger partial charge in [-0.05, 0) is 67.3 Å². The van der Waals surface area contributed by atoms with E-state index in [1.165, 1.54) is 18.4 Å². The minimum Gasteiger partial charge on any atom is -0.507 e. The van der Waals surface area contributed by atoms with Crippen molar-refractivity contribution in [3.05, 3.63) is 56.8 Å². The highest BCUT2D eigenvalue weighted by Crippen LogP contribution is 2.44. The van der Waals surface area contributed by atoms with Gasteiger partial charge in [0.2, 0.25) is 0 Å². The van der Waals surface area contributed by atoms with Crippen molar-refractivity contribution in [2.45, 2.75) is 65.5 Å². The van der Waals surface area contributed by atoms with E-state index in [0.717, 1.165) is 16.0 Å². The van der Waals surface area contributed by atoms with E-state index in [0.29, 0.717) is 30.9 Å². The summed E-state index contributed by atoms with van der Waals surface area (Å²) in [6.07, 6.45) is 0.683. The Morgan fingerprint density at radius 2 is 1.91 bits per heavy atom. The minimum absolute atomic E-state index is 0.0910. The van der Waals surface area contributed by atoms with Crippen LogP contribution in [-0.2, 0) is 19.7 Å². The quantitative estimate of drug-likeness (QED) is 0.228. The SMILES string of the molecule is COc1ccc(C(C)(C)C)cc1/C(O)=C1\C(=O)C(=O)N(CCCOC(C)C)C1c1sccc1C. The van der Waals surface area contributed by atoms with E-state index in [1.807, 2.05) is 44.4 Å². The molecule has 1 amide bonds. The molecule has 1 aliphatic heterocycles. The highest BCUT2D eigenvalue weighted by atomic mass is 32.1. The Bertz CT molecular complexity index is 1090. The molecule has 6 nitrogen and oxygen atoms in total. The lowest BCUT2D eigenvalue weighted by Gasteiger charge is -2.25. The molecule has 34 heavy (non-hydrogen) atoms. The summed E-state index contributed by atoms with van der Waals surface area (Å²) in [6, 6.07) is 6.89. The maximum atomic E-state index is 13.3. The van der Waals surface area contributed by atoms with Gasteiger partial charge >= 0.3 is 0 Å². The molecule has 184 valence electrons. The number of nitrogens with zero attached hydrogens (tertiary/aromatic N) is 1. The standard InChI is InChI=1S/C27H35NO5S/c1-16(2)33-13-8-12-28-22(25-17(3)11-14-34-25)21(24(30)26(28)31)23(29)19-15-18(27(4,5)6)9-10-20(19)32-7/h9-11,14-16,22,29H,8,12-13H2,1-7H3/b23-21+. The molecule has 1 N–H and O–H groups in total. The average Bonchev–Trinajstić information content (AvgIpc) is 3.30. The van der Waals surface area contributed by atoms with Gasteiger partial charge in [-0.2, -0.15) is 0 Å². The third kappa shape index (κ3) is 5.20. The fraction of sp³-hybridized carbons (Fsp3) is 0.481. The van der Waals surface area contributed by atoms with E-state index < -0.39 is 17.7 Å². The molecule has 1 atom stereocenters. The average molecular weight is 486 g/mol. The summed E-state index contributed by atoms with van der Waals surface area (Å²) in [6.45, 7) is 12.9. The Kier molecular flexibility index (Phi) is 7.88. The van der Waals surface area contributed by atoms with Crippen molar-refractivity contribution in [2.75, 3.05) is 20.3 Å². The molecule has 0 saturated carbocycles. The molecule has 1 aromatic carbocycles. The first-order valence-electron chi connectivity index (χ1n) is 11.6. The van der Waals surface area contributed by atoms with Crippen LogP contribution >= 0.6 is 11.3 Å². The lowest BCUT2D eigenvalue weighted by atomic mass is 9.85. The number of aliphatic hydroxyl groups is 1. The number of ether oxygens (including phenoxy) is 2. The van der Waals surface area contributed by atoms with Crippen LogP contribution in [0.3, 0.4) is 0 Å². The molecular formula is C27H35NO5S. The van der Waals surface area contributed by atoms with Gasteiger partial charge in [-0.15, -0.1) is 11.3 Å². The first kappa shape index (κ1) is 26.0. The molecule has 7 heteroatoms. The monoisotopic (exact) mass is 485 g/mol. The highest BCUT2D eigenvalue weighted by Gasteiger charge is 2.47. The van der Waals surface area contributed by atoms with E-state index in [-0.39, 0.29) is 22.9 Å². The number of Topliss-reactive ketones (excluding diaryl/α,β-unsaturated/α-hetero) is 1. The number of hydrogen-bond donors (Lipinski definition) is 1. The van der Waals surface area contributed by atoms with Gasteiger partial charge in [0.15, 0.2) is 0 Å². The fourth-order valence-electron chi connectivity index (χ4n) is 4.11. The van der Waals surface area contributed by atoms with Crippen molar-refractivity contribution in [3.63, 3.8) is 0 Å². The van der Waals surface area contributed by atoms with Crippen LogP contribution < -0.4 is 4.74 Å². The van der Waals surface area contributed by atoms with Crippen molar-refractivity contribution < 1.29 is 24.2 Å². The first-order valence-corrected chi connectivity index (χ1v) is 12.5. The zero-order chi connectivity index (χ0) is 25.2. The molecule has 1 saturated heterocycles. The number of benzene rings is 1. The number of hydrogen-bond acceptors (Lipinski definition) is 6. The predicted molar refractivity (Wildman–Crippen MR) is 135 cm³/mol. The largest absolute Gasteiger partial charge is 0.507 e. The van der Waals surface area contributed by atoms with Gasteiger partial charge in [0.1, 0.15) is 11.5 Å². The summed E-state index contributed by atoms with van der Waals surface area (Å²) in [4.78, 5) is 28.9. The Balaban J connectivity index is 2.14. The molecule has 1 aromatic heterocycles. The van der Waals surface area contributed by atoms with Gasteiger partial charge in [0, 0.05) is 18.0 Å². The predicted octanol–water partition coefficient (Wildman–Crippen LogP) is 5.60. The van der Waals surface area contributed by atoms with Crippen LogP contribution in [0.2, 0.25) is 0 Å². The Labute approximate surface area is 206 Å². The number of ketones is 1. The second-order valence-corrected chi connectivity index (χ2v) is 10.8. The number of likely N-dealkylation sites (tertiary alicyclic amines) is 1. The van der Waals surface area contributed by atoms with E-state index in [4.69, 9.17) is 9.47 Å². The molecule has 0 bridgehead atoms. The molecule has 1 aliphatic rings. The van der Waals surface area contributed by atoms with Gasteiger partial charge in [-0.3, -0.25) is 9.59 Å². The number of rotatable bonds is 8. The third-order valence-electron chi connectivity index (χ3n) is 6.01. The number of thiophene rings is 1. The van der Waals surface area contributed by atoms with Crippen LogP contribution in [0.4, 0.5) is 0 Å². The van der Waals surface area contributed by atoms with Crippen molar-refractivity contribution >= 4 is 28.8 Å². The summed E-state index contributed by atoms with van der Waals surface area (Å²) >= 11 is 1.48. The van der Waals surface area contributed by atoms with E-state index in [1.54, 1.807) is 11.0 Å². The van der Waals surface area contributed by atoms with Crippen LogP contribution in [0.25, 0.3) is 5.76 Å². The van der Waals surface area contributed by atoms with E-state index in [9.17, 15) is 14.7 Å².